The third kappa shape index (κ3) is 4.30. The minimum atomic E-state index is 0.128. The fraction of sp³-hybridized carbons (Fsp3) is 0.750. The van der Waals surface area contributed by atoms with Crippen molar-refractivity contribution < 1.29 is 14.1 Å². The molecule has 0 N–H and O–H groups in total. The predicted octanol–water partition coefficient (Wildman–Crippen LogP) is 1.48. The van der Waals surface area contributed by atoms with Crippen molar-refractivity contribution >= 4 is 5.91 Å². The molecule has 6 heteroatoms. The molecule has 1 aromatic rings. The summed E-state index contributed by atoms with van der Waals surface area (Å²) in [6.07, 6.45) is 1.35. The monoisotopic (exact) mass is 309 g/mol. The van der Waals surface area contributed by atoms with E-state index in [1.807, 2.05) is 17.9 Å². The lowest BCUT2D eigenvalue weighted by Crippen LogP contribution is -2.58. The number of amides is 1. The van der Waals surface area contributed by atoms with Crippen LogP contribution >= 0.6 is 0 Å². The van der Waals surface area contributed by atoms with Crippen LogP contribution in [0.2, 0.25) is 0 Å². The summed E-state index contributed by atoms with van der Waals surface area (Å²) in [6.45, 7) is 9.54. The summed E-state index contributed by atoms with van der Waals surface area (Å²) in [5.41, 5.74) is 0.713. The lowest BCUT2D eigenvalue weighted by molar-refractivity contribution is -0.135. The zero-order valence-electron chi connectivity index (χ0n) is 14.0. The van der Waals surface area contributed by atoms with Gasteiger partial charge in [0.15, 0.2) is 0 Å². The normalized spacial score (nSPS) is 23.0. The van der Waals surface area contributed by atoms with Gasteiger partial charge in [-0.3, -0.25) is 9.69 Å². The first-order valence-corrected chi connectivity index (χ1v) is 7.96. The topological polar surface area (TPSA) is 58.8 Å². The number of ether oxygens (including phenoxy) is 1. The van der Waals surface area contributed by atoms with E-state index in [0.717, 1.165) is 38.4 Å². The Labute approximate surface area is 132 Å². The summed E-state index contributed by atoms with van der Waals surface area (Å²) in [4.78, 5) is 16.9. The van der Waals surface area contributed by atoms with Crippen LogP contribution in [-0.4, -0.2) is 66.3 Å². The Kier molecular flexibility index (Phi) is 5.97. The second-order valence-electron chi connectivity index (χ2n) is 6.19. The molecular weight excluding hydrogens is 282 g/mol. The van der Waals surface area contributed by atoms with E-state index in [9.17, 15) is 4.79 Å². The van der Waals surface area contributed by atoms with Crippen LogP contribution in [0, 0.1) is 6.92 Å². The van der Waals surface area contributed by atoms with Gasteiger partial charge >= 0.3 is 0 Å². The van der Waals surface area contributed by atoms with E-state index in [4.69, 9.17) is 9.26 Å². The van der Waals surface area contributed by atoms with E-state index >= 15 is 0 Å². The van der Waals surface area contributed by atoms with E-state index < -0.39 is 0 Å². The first-order valence-electron chi connectivity index (χ1n) is 7.96. The maximum Gasteiger partial charge on any atom is 0.228 e. The number of rotatable bonds is 6. The van der Waals surface area contributed by atoms with Gasteiger partial charge in [-0.25, -0.2) is 0 Å². The quantitative estimate of drug-likeness (QED) is 0.745. The fourth-order valence-electron chi connectivity index (χ4n) is 3.16. The second-order valence-corrected chi connectivity index (χ2v) is 6.19. The molecule has 1 saturated heterocycles. The van der Waals surface area contributed by atoms with Gasteiger partial charge in [-0.2, -0.15) is 0 Å². The van der Waals surface area contributed by atoms with Crippen molar-refractivity contribution in [2.75, 3.05) is 33.4 Å². The lowest BCUT2D eigenvalue weighted by atomic mass is 10.1. The maximum atomic E-state index is 12.4. The number of methoxy groups -OCH3 is 1. The van der Waals surface area contributed by atoms with Gasteiger partial charge in [-0.15, -0.1) is 0 Å². The highest BCUT2D eigenvalue weighted by Crippen LogP contribution is 2.17. The molecule has 2 unspecified atom stereocenters. The summed E-state index contributed by atoms with van der Waals surface area (Å²) >= 11 is 0. The van der Waals surface area contributed by atoms with Crippen molar-refractivity contribution in [3.63, 3.8) is 0 Å². The van der Waals surface area contributed by atoms with Gasteiger partial charge in [0.1, 0.15) is 5.76 Å². The molecule has 2 atom stereocenters. The van der Waals surface area contributed by atoms with E-state index in [0.29, 0.717) is 24.2 Å². The highest BCUT2D eigenvalue weighted by molar-refractivity contribution is 5.78. The van der Waals surface area contributed by atoms with Crippen LogP contribution in [-0.2, 0) is 16.0 Å². The van der Waals surface area contributed by atoms with Gasteiger partial charge in [0.2, 0.25) is 5.91 Å². The highest BCUT2D eigenvalue weighted by atomic mass is 16.5. The van der Waals surface area contributed by atoms with Crippen LogP contribution in [0.3, 0.4) is 0 Å². The van der Waals surface area contributed by atoms with Crippen LogP contribution in [0.25, 0.3) is 0 Å². The molecule has 1 aromatic heterocycles. The van der Waals surface area contributed by atoms with Gasteiger partial charge in [0, 0.05) is 51.5 Å². The first kappa shape index (κ1) is 17.0. The highest BCUT2D eigenvalue weighted by Gasteiger charge is 2.31. The van der Waals surface area contributed by atoms with Gasteiger partial charge < -0.3 is 14.2 Å². The Balaban J connectivity index is 1.88. The van der Waals surface area contributed by atoms with Gasteiger partial charge in [-0.05, 0) is 27.2 Å². The Morgan fingerprint density at radius 3 is 2.64 bits per heavy atom. The molecule has 0 radical (unpaired) electrons. The minimum Gasteiger partial charge on any atom is -0.385 e. The molecule has 0 aliphatic carbocycles. The number of carbonyl (C=O) groups excluding carboxylic acids is 1. The molecule has 0 bridgehead atoms. The summed E-state index contributed by atoms with van der Waals surface area (Å²) in [5.74, 6) is 0.871. The minimum absolute atomic E-state index is 0.128. The smallest absolute Gasteiger partial charge is 0.228 e. The predicted molar refractivity (Wildman–Crippen MR) is 83.6 cm³/mol. The molecule has 124 valence electrons. The largest absolute Gasteiger partial charge is 0.385 e. The van der Waals surface area contributed by atoms with Crippen molar-refractivity contribution in [3.8, 4) is 0 Å². The van der Waals surface area contributed by atoms with Crippen molar-refractivity contribution in [2.45, 2.75) is 45.7 Å². The van der Waals surface area contributed by atoms with Gasteiger partial charge in [0.05, 0.1) is 12.1 Å². The Bertz CT molecular complexity index is 477. The number of piperazine rings is 1. The molecular formula is C16H27N3O3. The maximum absolute atomic E-state index is 12.4. The van der Waals surface area contributed by atoms with Crippen LogP contribution < -0.4 is 0 Å². The summed E-state index contributed by atoms with van der Waals surface area (Å²) in [5, 5.41) is 3.91. The summed E-state index contributed by atoms with van der Waals surface area (Å²) < 4.78 is 10.2. The van der Waals surface area contributed by atoms with Crippen molar-refractivity contribution in [2.24, 2.45) is 0 Å². The number of carbonyl (C=O) groups is 1. The molecule has 0 saturated carbocycles. The SMILES string of the molecule is COCCCN1C(C)CN(C(=O)Cc2cc(C)on2)CC1C. The summed E-state index contributed by atoms with van der Waals surface area (Å²) in [6, 6.07) is 2.55. The van der Waals surface area contributed by atoms with Gasteiger partial charge in [-0.1, -0.05) is 5.16 Å². The molecule has 2 rings (SSSR count). The van der Waals surface area contributed by atoms with Crippen molar-refractivity contribution in [1.29, 1.82) is 0 Å². The Hall–Kier alpha value is -1.40. The van der Waals surface area contributed by atoms with Crippen molar-refractivity contribution in [3.05, 3.63) is 17.5 Å². The van der Waals surface area contributed by atoms with Crippen LogP contribution in [0.1, 0.15) is 31.7 Å². The zero-order valence-corrected chi connectivity index (χ0v) is 14.0. The van der Waals surface area contributed by atoms with Crippen LogP contribution in [0.4, 0.5) is 0 Å². The third-order valence-corrected chi connectivity index (χ3v) is 4.23. The number of hydrogen-bond donors (Lipinski definition) is 0. The van der Waals surface area contributed by atoms with Gasteiger partial charge in [0.25, 0.3) is 0 Å². The third-order valence-electron chi connectivity index (χ3n) is 4.23. The summed E-state index contributed by atoms with van der Waals surface area (Å²) in [7, 11) is 1.73. The average molecular weight is 309 g/mol. The number of hydrogen-bond acceptors (Lipinski definition) is 5. The Morgan fingerprint density at radius 2 is 2.09 bits per heavy atom. The molecule has 2 heterocycles. The Morgan fingerprint density at radius 1 is 1.41 bits per heavy atom. The van der Waals surface area contributed by atoms with E-state index in [-0.39, 0.29) is 5.91 Å². The van der Waals surface area contributed by atoms with E-state index in [1.54, 1.807) is 7.11 Å². The lowest BCUT2D eigenvalue weighted by Gasteiger charge is -2.44. The average Bonchev–Trinajstić information content (AvgIpc) is 2.87. The molecule has 1 amide bonds. The van der Waals surface area contributed by atoms with E-state index in [2.05, 4.69) is 23.9 Å². The molecule has 0 aromatic carbocycles. The number of nitrogens with zero attached hydrogens (tertiary/aromatic N) is 3. The molecule has 6 nitrogen and oxygen atoms in total. The molecule has 1 aliphatic rings. The molecule has 1 fully saturated rings. The second kappa shape index (κ2) is 7.74. The first-order chi connectivity index (χ1) is 10.5. The number of aromatic nitrogens is 1. The molecule has 22 heavy (non-hydrogen) atoms. The number of aryl methyl sites for hydroxylation is 1. The fourth-order valence-corrected chi connectivity index (χ4v) is 3.16. The standard InChI is InChI=1S/C16H27N3O3/c1-12-10-18(11-13(2)19(12)6-5-7-21-4)16(20)9-15-8-14(3)22-17-15/h8,12-13H,5-7,9-11H2,1-4H3. The molecule has 1 aliphatic heterocycles. The van der Waals surface area contributed by atoms with Crippen molar-refractivity contribution in [1.82, 2.24) is 15.0 Å². The van der Waals surface area contributed by atoms with Crippen LogP contribution in [0.5, 0.6) is 0 Å². The van der Waals surface area contributed by atoms with Crippen LogP contribution in [0.15, 0.2) is 10.6 Å². The van der Waals surface area contributed by atoms with E-state index in [1.165, 1.54) is 0 Å². The molecule has 0 spiro atoms. The zero-order chi connectivity index (χ0) is 16.1.